The fourth-order valence-electron chi connectivity index (χ4n) is 3.13. The molecule has 2 saturated heterocycles. The van der Waals surface area contributed by atoms with E-state index in [0.29, 0.717) is 18.7 Å². The predicted molar refractivity (Wildman–Crippen MR) is 76.3 cm³/mol. The highest BCUT2D eigenvalue weighted by molar-refractivity contribution is 5.20. The summed E-state index contributed by atoms with van der Waals surface area (Å²) in [7, 11) is 0. The summed E-state index contributed by atoms with van der Waals surface area (Å²) in [5.74, 6) is -0.784. The number of ether oxygens (including phenoxy) is 2. The molecule has 3 rings (SSSR count). The molecule has 1 aromatic carbocycles. The van der Waals surface area contributed by atoms with Crippen LogP contribution >= 0.6 is 0 Å². The van der Waals surface area contributed by atoms with Crippen molar-refractivity contribution in [1.82, 2.24) is 4.90 Å². The Balaban J connectivity index is 1.55. The molecule has 2 aliphatic rings. The van der Waals surface area contributed by atoms with Gasteiger partial charge in [-0.1, -0.05) is 18.2 Å². The Hall–Kier alpha value is -1.01. The fraction of sp³-hybridized carbons (Fsp3) is 0.625. The number of nitrogens with zero attached hydrogens (tertiary/aromatic N) is 1. The third kappa shape index (κ3) is 3.26. The number of benzene rings is 1. The smallest absolute Gasteiger partial charge is 0.171 e. The van der Waals surface area contributed by atoms with Crippen molar-refractivity contribution in [3.05, 3.63) is 35.6 Å². The largest absolute Gasteiger partial charge is 0.387 e. The lowest BCUT2D eigenvalue weighted by Crippen LogP contribution is -2.46. The summed E-state index contributed by atoms with van der Waals surface area (Å²) in [4.78, 5) is 2.14. The summed E-state index contributed by atoms with van der Waals surface area (Å²) in [5, 5.41) is 10.2. The molecule has 0 amide bonds. The molecule has 1 aromatic rings. The summed E-state index contributed by atoms with van der Waals surface area (Å²) in [6.07, 6.45) is 0.938. The number of hydrogen-bond donors (Lipinski definition) is 1. The Labute approximate surface area is 124 Å². The van der Waals surface area contributed by atoms with E-state index in [9.17, 15) is 9.50 Å². The van der Waals surface area contributed by atoms with Gasteiger partial charge in [-0.2, -0.15) is 0 Å². The number of aliphatic hydroxyl groups excluding tert-OH is 1. The number of likely N-dealkylation sites (tertiary alicyclic amines) is 1. The van der Waals surface area contributed by atoms with Gasteiger partial charge in [0, 0.05) is 38.0 Å². The number of hydrogen-bond acceptors (Lipinski definition) is 4. The highest BCUT2D eigenvalue weighted by atomic mass is 19.1. The SMILES string of the molecule is CC1COC2(CCN(CC(O)c3ccccc3F)CC2)O1. The maximum atomic E-state index is 13.7. The molecule has 0 bridgehead atoms. The predicted octanol–water partition coefficient (Wildman–Crippen LogP) is 2.09. The number of rotatable bonds is 3. The standard InChI is InChI=1S/C16H22FNO3/c1-12-11-20-16(21-12)6-8-18(9-7-16)10-15(19)13-4-2-3-5-14(13)17/h2-5,12,15,19H,6-11H2,1H3. The van der Waals surface area contributed by atoms with Crippen molar-refractivity contribution < 1.29 is 19.0 Å². The van der Waals surface area contributed by atoms with Crippen molar-refractivity contribution in [2.75, 3.05) is 26.2 Å². The molecule has 1 N–H and O–H groups in total. The molecule has 116 valence electrons. The van der Waals surface area contributed by atoms with Crippen LogP contribution in [0.2, 0.25) is 0 Å². The Bertz CT molecular complexity index is 488. The minimum atomic E-state index is -0.801. The van der Waals surface area contributed by atoms with Gasteiger partial charge in [0.25, 0.3) is 0 Å². The Morgan fingerprint density at radius 2 is 2.10 bits per heavy atom. The van der Waals surface area contributed by atoms with Crippen molar-refractivity contribution in [3.63, 3.8) is 0 Å². The van der Waals surface area contributed by atoms with Crippen molar-refractivity contribution in [1.29, 1.82) is 0 Å². The van der Waals surface area contributed by atoms with Gasteiger partial charge >= 0.3 is 0 Å². The van der Waals surface area contributed by atoms with Gasteiger partial charge in [-0.25, -0.2) is 4.39 Å². The Morgan fingerprint density at radius 3 is 2.71 bits per heavy atom. The number of halogens is 1. The monoisotopic (exact) mass is 295 g/mol. The average molecular weight is 295 g/mol. The molecule has 2 heterocycles. The molecule has 2 aliphatic heterocycles. The van der Waals surface area contributed by atoms with Crippen molar-refractivity contribution in [2.45, 2.75) is 37.8 Å². The van der Waals surface area contributed by atoms with Crippen LogP contribution in [0.3, 0.4) is 0 Å². The second-order valence-corrected chi connectivity index (χ2v) is 5.99. The molecule has 5 heteroatoms. The van der Waals surface area contributed by atoms with E-state index in [2.05, 4.69) is 4.90 Å². The average Bonchev–Trinajstić information content (AvgIpc) is 2.83. The van der Waals surface area contributed by atoms with Crippen molar-refractivity contribution in [2.24, 2.45) is 0 Å². The van der Waals surface area contributed by atoms with Crippen molar-refractivity contribution >= 4 is 0 Å². The molecule has 1 spiro atoms. The van der Waals surface area contributed by atoms with Crippen LogP contribution in [0.15, 0.2) is 24.3 Å². The summed E-state index contributed by atoms with van der Waals surface area (Å²) < 4.78 is 25.3. The van der Waals surface area contributed by atoms with E-state index >= 15 is 0 Å². The van der Waals surface area contributed by atoms with Crippen LogP contribution in [0.25, 0.3) is 0 Å². The third-order valence-electron chi connectivity index (χ3n) is 4.31. The maximum Gasteiger partial charge on any atom is 0.171 e. The van der Waals surface area contributed by atoms with Gasteiger partial charge < -0.3 is 19.5 Å². The van der Waals surface area contributed by atoms with Crippen LogP contribution in [0, 0.1) is 5.82 Å². The normalized spacial score (nSPS) is 27.1. The summed E-state index contributed by atoms with van der Waals surface area (Å²) >= 11 is 0. The summed E-state index contributed by atoms with van der Waals surface area (Å²) in [6.45, 7) is 4.68. The lowest BCUT2D eigenvalue weighted by Gasteiger charge is -2.38. The number of aliphatic hydroxyl groups is 1. The van der Waals surface area contributed by atoms with Crippen LogP contribution in [0.5, 0.6) is 0 Å². The maximum absolute atomic E-state index is 13.7. The van der Waals surface area contributed by atoms with Gasteiger partial charge in [-0.3, -0.25) is 0 Å². The molecular weight excluding hydrogens is 273 g/mol. The molecule has 21 heavy (non-hydrogen) atoms. The number of β-amino-alcohol motifs (C(OH)–C–C–N with tert-alkyl or cyclic N) is 1. The van der Waals surface area contributed by atoms with E-state index in [1.807, 2.05) is 6.92 Å². The van der Waals surface area contributed by atoms with E-state index in [1.54, 1.807) is 18.2 Å². The number of piperidine rings is 1. The highest BCUT2D eigenvalue weighted by Crippen LogP contribution is 2.34. The van der Waals surface area contributed by atoms with Crippen LogP contribution in [-0.2, 0) is 9.47 Å². The fourth-order valence-corrected chi connectivity index (χ4v) is 3.13. The van der Waals surface area contributed by atoms with Crippen LogP contribution in [0.4, 0.5) is 4.39 Å². The first-order valence-electron chi connectivity index (χ1n) is 7.55. The molecule has 0 aliphatic carbocycles. The van der Waals surface area contributed by atoms with Gasteiger partial charge in [0.15, 0.2) is 5.79 Å². The van der Waals surface area contributed by atoms with Gasteiger partial charge in [0.05, 0.1) is 18.8 Å². The molecule has 2 atom stereocenters. The Morgan fingerprint density at radius 1 is 1.38 bits per heavy atom. The molecule has 2 unspecified atom stereocenters. The quantitative estimate of drug-likeness (QED) is 0.927. The molecule has 4 nitrogen and oxygen atoms in total. The van der Waals surface area contributed by atoms with E-state index < -0.39 is 11.9 Å². The first kappa shape index (κ1) is 14.9. The van der Waals surface area contributed by atoms with E-state index in [1.165, 1.54) is 6.07 Å². The zero-order valence-corrected chi connectivity index (χ0v) is 12.3. The van der Waals surface area contributed by atoms with Crippen molar-refractivity contribution in [3.8, 4) is 0 Å². The second kappa shape index (κ2) is 6.01. The van der Waals surface area contributed by atoms with E-state index in [-0.39, 0.29) is 11.9 Å². The molecule has 0 radical (unpaired) electrons. The second-order valence-electron chi connectivity index (χ2n) is 5.99. The Kier molecular flexibility index (Phi) is 4.26. The van der Waals surface area contributed by atoms with Gasteiger partial charge in [0.2, 0.25) is 0 Å². The molecule has 0 aromatic heterocycles. The molecule has 2 fully saturated rings. The van der Waals surface area contributed by atoms with Crippen LogP contribution < -0.4 is 0 Å². The van der Waals surface area contributed by atoms with Crippen LogP contribution in [0.1, 0.15) is 31.4 Å². The van der Waals surface area contributed by atoms with Crippen LogP contribution in [-0.4, -0.2) is 48.1 Å². The van der Waals surface area contributed by atoms with Gasteiger partial charge in [0.1, 0.15) is 5.82 Å². The first-order chi connectivity index (χ1) is 10.1. The topological polar surface area (TPSA) is 41.9 Å². The zero-order valence-electron chi connectivity index (χ0n) is 12.3. The third-order valence-corrected chi connectivity index (χ3v) is 4.31. The van der Waals surface area contributed by atoms with E-state index in [0.717, 1.165) is 25.9 Å². The lowest BCUT2D eigenvalue weighted by atomic mass is 10.0. The highest BCUT2D eigenvalue weighted by Gasteiger charge is 2.42. The van der Waals surface area contributed by atoms with E-state index in [4.69, 9.17) is 9.47 Å². The zero-order chi connectivity index (χ0) is 14.9. The van der Waals surface area contributed by atoms with Gasteiger partial charge in [-0.05, 0) is 13.0 Å². The first-order valence-corrected chi connectivity index (χ1v) is 7.55. The summed E-state index contributed by atoms with van der Waals surface area (Å²) in [5.41, 5.74) is 0.361. The minimum absolute atomic E-state index is 0.153. The lowest BCUT2D eigenvalue weighted by molar-refractivity contribution is -0.194. The molecule has 0 saturated carbocycles. The minimum Gasteiger partial charge on any atom is -0.387 e. The molecular formula is C16H22FNO3. The van der Waals surface area contributed by atoms with Gasteiger partial charge in [-0.15, -0.1) is 0 Å². The summed E-state index contributed by atoms with van der Waals surface area (Å²) in [6, 6.07) is 6.39.